The Balaban J connectivity index is 1.57. The molecule has 6 heteroatoms. The van der Waals surface area contributed by atoms with Gasteiger partial charge in [-0.3, -0.25) is 9.59 Å². The van der Waals surface area contributed by atoms with Gasteiger partial charge >= 0.3 is 5.97 Å². The zero-order valence-corrected chi connectivity index (χ0v) is 15.3. The molecule has 26 heavy (non-hydrogen) atoms. The van der Waals surface area contributed by atoms with Gasteiger partial charge in [-0.1, -0.05) is 31.0 Å². The second kappa shape index (κ2) is 8.17. The molecule has 1 heterocycles. The summed E-state index contributed by atoms with van der Waals surface area (Å²) in [5.74, 6) is -0.219. The molecule has 0 aliphatic heterocycles. The first-order chi connectivity index (χ1) is 12.5. The van der Waals surface area contributed by atoms with Gasteiger partial charge in [-0.2, -0.15) is 5.10 Å². The summed E-state index contributed by atoms with van der Waals surface area (Å²) in [4.78, 5) is 24.0. The van der Waals surface area contributed by atoms with Crippen LogP contribution in [0.5, 0.6) is 0 Å². The van der Waals surface area contributed by atoms with Crippen molar-refractivity contribution in [2.24, 2.45) is 5.92 Å². The van der Waals surface area contributed by atoms with Gasteiger partial charge in [0.25, 0.3) is 5.91 Å². The normalized spacial score (nSPS) is 14.4. The van der Waals surface area contributed by atoms with E-state index >= 15 is 0 Å². The Bertz CT molecular complexity index is 777. The fourth-order valence-electron chi connectivity index (χ4n) is 3.47. The number of esters is 1. The van der Waals surface area contributed by atoms with E-state index in [0.29, 0.717) is 18.0 Å². The highest BCUT2D eigenvalue weighted by Crippen LogP contribution is 2.27. The molecule has 1 aliphatic rings. The number of rotatable bonds is 6. The van der Waals surface area contributed by atoms with Crippen molar-refractivity contribution in [3.63, 3.8) is 0 Å². The standard InChI is InChI=1S/C20H25N3O3/c1-14-20(15(2)23(22-14)17-10-4-3-5-11-17)21-18(24)13-26-19(25)12-16-8-6-7-9-16/h3-5,10-11,16H,6-9,12-13H2,1-2H3,(H,21,24). The minimum Gasteiger partial charge on any atom is -0.456 e. The SMILES string of the molecule is Cc1nn(-c2ccccc2)c(C)c1NC(=O)COC(=O)CC1CCCC1. The van der Waals surface area contributed by atoms with Gasteiger partial charge in [0.1, 0.15) is 0 Å². The summed E-state index contributed by atoms with van der Waals surface area (Å²) in [6.07, 6.45) is 4.94. The predicted octanol–water partition coefficient (Wildman–Crippen LogP) is 3.55. The molecule has 1 aromatic carbocycles. The molecule has 0 atom stereocenters. The van der Waals surface area contributed by atoms with Crippen LogP contribution in [0.1, 0.15) is 43.5 Å². The molecule has 1 N–H and O–H groups in total. The first-order valence-electron chi connectivity index (χ1n) is 9.11. The first kappa shape index (κ1) is 18.2. The highest BCUT2D eigenvalue weighted by molar-refractivity contribution is 5.93. The number of hydrogen-bond donors (Lipinski definition) is 1. The van der Waals surface area contributed by atoms with Crippen molar-refractivity contribution >= 4 is 17.6 Å². The van der Waals surface area contributed by atoms with Crippen molar-refractivity contribution in [1.82, 2.24) is 9.78 Å². The molecule has 138 valence electrons. The van der Waals surface area contributed by atoms with Crippen molar-refractivity contribution in [1.29, 1.82) is 0 Å². The van der Waals surface area contributed by atoms with Crippen molar-refractivity contribution < 1.29 is 14.3 Å². The fourth-order valence-corrected chi connectivity index (χ4v) is 3.47. The molecule has 1 aliphatic carbocycles. The van der Waals surface area contributed by atoms with E-state index in [-0.39, 0.29) is 18.5 Å². The summed E-state index contributed by atoms with van der Waals surface area (Å²) in [7, 11) is 0. The number of ether oxygens (including phenoxy) is 1. The highest BCUT2D eigenvalue weighted by atomic mass is 16.5. The van der Waals surface area contributed by atoms with Gasteiger partial charge in [0.05, 0.1) is 22.8 Å². The zero-order chi connectivity index (χ0) is 18.5. The van der Waals surface area contributed by atoms with Crippen LogP contribution in [0.15, 0.2) is 30.3 Å². The molecule has 1 amide bonds. The number of amides is 1. The Kier molecular flexibility index (Phi) is 5.71. The van der Waals surface area contributed by atoms with E-state index in [1.807, 2.05) is 44.2 Å². The molecule has 1 fully saturated rings. The lowest BCUT2D eigenvalue weighted by atomic mass is 10.1. The number of carbonyl (C=O) groups is 2. The van der Waals surface area contributed by atoms with E-state index in [4.69, 9.17) is 4.74 Å². The molecular formula is C20H25N3O3. The number of nitrogens with zero attached hydrogens (tertiary/aromatic N) is 2. The first-order valence-corrected chi connectivity index (χ1v) is 9.11. The lowest BCUT2D eigenvalue weighted by molar-refractivity contribution is -0.148. The van der Waals surface area contributed by atoms with Gasteiger partial charge in [-0.15, -0.1) is 0 Å². The lowest BCUT2D eigenvalue weighted by Gasteiger charge is -2.10. The number of benzene rings is 1. The van der Waals surface area contributed by atoms with Crippen molar-refractivity contribution in [3.05, 3.63) is 41.7 Å². The van der Waals surface area contributed by atoms with Gasteiger partial charge in [-0.05, 0) is 44.7 Å². The topological polar surface area (TPSA) is 73.2 Å². The van der Waals surface area contributed by atoms with Crippen molar-refractivity contribution in [3.8, 4) is 5.69 Å². The fraction of sp³-hybridized carbons (Fsp3) is 0.450. The molecule has 0 unspecified atom stereocenters. The van der Waals surface area contributed by atoms with Crippen LogP contribution in [0.2, 0.25) is 0 Å². The van der Waals surface area contributed by atoms with Gasteiger partial charge in [0.2, 0.25) is 0 Å². The van der Waals surface area contributed by atoms with Crippen LogP contribution in [0.4, 0.5) is 5.69 Å². The van der Waals surface area contributed by atoms with Crippen molar-refractivity contribution in [2.75, 3.05) is 11.9 Å². The van der Waals surface area contributed by atoms with Gasteiger partial charge < -0.3 is 10.1 Å². The van der Waals surface area contributed by atoms with E-state index in [0.717, 1.165) is 29.9 Å². The Labute approximate surface area is 153 Å². The summed E-state index contributed by atoms with van der Waals surface area (Å²) in [5, 5.41) is 7.31. The number of aromatic nitrogens is 2. The lowest BCUT2D eigenvalue weighted by Crippen LogP contribution is -2.22. The summed E-state index contributed by atoms with van der Waals surface area (Å²) in [6, 6.07) is 9.73. The summed E-state index contributed by atoms with van der Waals surface area (Å²) >= 11 is 0. The molecule has 1 aromatic heterocycles. The molecule has 6 nitrogen and oxygen atoms in total. The van der Waals surface area contributed by atoms with Crippen molar-refractivity contribution in [2.45, 2.75) is 46.0 Å². The van der Waals surface area contributed by atoms with Crippen LogP contribution in [-0.4, -0.2) is 28.3 Å². The maximum absolute atomic E-state index is 12.2. The molecule has 3 rings (SSSR count). The summed E-state index contributed by atoms with van der Waals surface area (Å²) < 4.78 is 6.92. The van der Waals surface area contributed by atoms with Crippen LogP contribution in [0.25, 0.3) is 5.69 Å². The van der Waals surface area contributed by atoms with Crippen LogP contribution in [0, 0.1) is 19.8 Å². The molecule has 0 bridgehead atoms. The summed E-state index contributed by atoms with van der Waals surface area (Å²) in [6.45, 7) is 3.48. The average Bonchev–Trinajstić information content (AvgIpc) is 3.24. The Morgan fingerprint density at radius 3 is 2.58 bits per heavy atom. The predicted molar refractivity (Wildman–Crippen MR) is 99.2 cm³/mol. The number of hydrogen-bond acceptors (Lipinski definition) is 4. The van der Waals surface area contributed by atoms with Crippen LogP contribution in [-0.2, 0) is 14.3 Å². The molecule has 0 radical (unpaired) electrons. The highest BCUT2D eigenvalue weighted by Gasteiger charge is 2.20. The largest absolute Gasteiger partial charge is 0.456 e. The Hall–Kier alpha value is -2.63. The zero-order valence-electron chi connectivity index (χ0n) is 15.3. The quantitative estimate of drug-likeness (QED) is 0.804. The number of para-hydroxylation sites is 1. The number of aryl methyl sites for hydroxylation is 1. The Morgan fingerprint density at radius 2 is 1.88 bits per heavy atom. The van der Waals surface area contributed by atoms with Crippen LogP contribution < -0.4 is 5.32 Å². The molecule has 2 aromatic rings. The second-order valence-electron chi connectivity index (χ2n) is 6.86. The average molecular weight is 355 g/mol. The molecule has 0 saturated heterocycles. The van der Waals surface area contributed by atoms with Crippen LogP contribution in [0.3, 0.4) is 0 Å². The maximum Gasteiger partial charge on any atom is 0.306 e. The van der Waals surface area contributed by atoms with E-state index in [1.165, 1.54) is 12.8 Å². The monoisotopic (exact) mass is 355 g/mol. The van der Waals surface area contributed by atoms with Gasteiger partial charge in [0.15, 0.2) is 6.61 Å². The van der Waals surface area contributed by atoms with Gasteiger partial charge in [-0.25, -0.2) is 4.68 Å². The van der Waals surface area contributed by atoms with Gasteiger partial charge in [0, 0.05) is 6.42 Å². The third-order valence-corrected chi connectivity index (χ3v) is 4.85. The van der Waals surface area contributed by atoms with E-state index in [9.17, 15) is 9.59 Å². The maximum atomic E-state index is 12.2. The van der Waals surface area contributed by atoms with Crippen LogP contribution >= 0.6 is 0 Å². The number of nitrogens with one attached hydrogen (secondary N) is 1. The molecule has 1 saturated carbocycles. The minimum atomic E-state index is -0.344. The van der Waals surface area contributed by atoms with E-state index in [1.54, 1.807) is 4.68 Å². The molecular weight excluding hydrogens is 330 g/mol. The third kappa shape index (κ3) is 4.31. The third-order valence-electron chi connectivity index (χ3n) is 4.85. The number of carbonyl (C=O) groups excluding carboxylic acids is 2. The second-order valence-corrected chi connectivity index (χ2v) is 6.86. The number of anilines is 1. The summed E-state index contributed by atoms with van der Waals surface area (Å²) in [5.41, 5.74) is 3.14. The van der Waals surface area contributed by atoms with E-state index < -0.39 is 0 Å². The smallest absolute Gasteiger partial charge is 0.306 e. The Morgan fingerprint density at radius 1 is 1.19 bits per heavy atom. The minimum absolute atomic E-state index is 0.263. The molecule has 0 spiro atoms. The van der Waals surface area contributed by atoms with E-state index in [2.05, 4.69) is 10.4 Å².